The first-order chi connectivity index (χ1) is 7.87. The standard InChI is InChI=1S/C11H21N3O3/c1-7(2)6-13-10(16)14-8-4-11(12,5-8)9(15)17-3/h7-8H,4-6,12H2,1-3H3,(H2,13,14,16). The quantitative estimate of drug-likeness (QED) is 0.605. The van der Waals surface area contributed by atoms with Crippen LogP contribution >= 0.6 is 0 Å². The third-order valence-corrected chi connectivity index (χ3v) is 2.82. The minimum absolute atomic E-state index is 0.0498. The summed E-state index contributed by atoms with van der Waals surface area (Å²) in [7, 11) is 1.31. The van der Waals surface area contributed by atoms with E-state index in [1.807, 2.05) is 13.8 Å². The largest absolute Gasteiger partial charge is 0.468 e. The summed E-state index contributed by atoms with van der Waals surface area (Å²) in [5.74, 6) is -0.0102. The number of urea groups is 1. The summed E-state index contributed by atoms with van der Waals surface area (Å²) in [5, 5.41) is 5.51. The van der Waals surface area contributed by atoms with E-state index in [0.717, 1.165) is 0 Å². The number of hydrogen-bond donors (Lipinski definition) is 3. The van der Waals surface area contributed by atoms with Crippen LogP contribution in [-0.2, 0) is 9.53 Å². The van der Waals surface area contributed by atoms with Gasteiger partial charge in [-0.3, -0.25) is 4.79 Å². The van der Waals surface area contributed by atoms with Crippen LogP contribution in [0.15, 0.2) is 0 Å². The first-order valence-corrected chi connectivity index (χ1v) is 5.79. The van der Waals surface area contributed by atoms with E-state index in [4.69, 9.17) is 5.73 Å². The molecule has 0 saturated heterocycles. The van der Waals surface area contributed by atoms with E-state index in [2.05, 4.69) is 15.4 Å². The van der Waals surface area contributed by atoms with Crippen molar-refractivity contribution in [3.63, 3.8) is 0 Å². The van der Waals surface area contributed by atoms with Crippen molar-refractivity contribution in [1.29, 1.82) is 0 Å². The predicted octanol–water partition coefficient (Wildman–Crippen LogP) is -0.0255. The molecule has 2 amide bonds. The van der Waals surface area contributed by atoms with Crippen LogP contribution in [0.4, 0.5) is 4.79 Å². The third-order valence-electron chi connectivity index (χ3n) is 2.82. The lowest BCUT2D eigenvalue weighted by Gasteiger charge is -2.42. The summed E-state index contributed by atoms with van der Waals surface area (Å²) >= 11 is 0. The van der Waals surface area contributed by atoms with Crippen LogP contribution in [-0.4, -0.2) is 37.2 Å². The molecule has 0 aromatic rings. The second kappa shape index (κ2) is 5.35. The van der Waals surface area contributed by atoms with Gasteiger partial charge in [0.15, 0.2) is 0 Å². The smallest absolute Gasteiger partial charge is 0.325 e. The van der Waals surface area contributed by atoms with Gasteiger partial charge in [0, 0.05) is 12.6 Å². The molecule has 0 heterocycles. The number of carbonyl (C=O) groups excluding carboxylic acids is 2. The van der Waals surface area contributed by atoms with Crippen LogP contribution in [0.3, 0.4) is 0 Å². The molecule has 1 aliphatic rings. The van der Waals surface area contributed by atoms with Crippen molar-refractivity contribution >= 4 is 12.0 Å². The van der Waals surface area contributed by atoms with E-state index in [-0.39, 0.29) is 12.1 Å². The van der Waals surface area contributed by atoms with Crippen molar-refractivity contribution in [2.45, 2.75) is 38.3 Å². The van der Waals surface area contributed by atoms with Gasteiger partial charge in [0.1, 0.15) is 5.54 Å². The molecular weight excluding hydrogens is 222 g/mol. The van der Waals surface area contributed by atoms with Crippen LogP contribution in [0.2, 0.25) is 0 Å². The molecule has 98 valence electrons. The fraction of sp³-hybridized carbons (Fsp3) is 0.818. The first-order valence-electron chi connectivity index (χ1n) is 5.79. The average molecular weight is 243 g/mol. The molecule has 17 heavy (non-hydrogen) atoms. The Balaban J connectivity index is 2.25. The minimum atomic E-state index is -0.926. The van der Waals surface area contributed by atoms with E-state index in [1.54, 1.807) is 0 Å². The SMILES string of the molecule is COC(=O)C1(N)CC(NC(=O)NCC(C)C)C1. The average Bonchev–Trinajstić information content (AvgIpc) is 2.22. The highest BCUT2D eigenvalue weighted by molar-refractivity contribution is 5.83. The molecule has 0 unspecified atom stereocenters. The van der Waals surface area contributed by atoms with Crippen LogP contribution in [0.25, 0.3) is 0 Å². The zero-order chi connectivity index (χ0) is 13.1. The number of nitrogens with two attached hydrogens (primary N) is 1. The maximum Gasteiger partial charge on any atom is 0.325 e. The monoisotopic (exact) mass is 243 g/mol. The normalized spacial score (nSPS) is 27.2. The van der Waals surface area contributed by atoms with Gasteiger partial charge < -0.3 is 21.1 Å². The highest BCUT2D eigenvalue weighted by atomic mass is 16.5. The maximum absolute atomic E-state index is 11.4. The van der Waals surface area contributed by atoms with Gasteiger partial charge in [0.25, 0.3) is 0 Å². The first kappa shape index (κ1) is 13.8. The van der Waals surface area contributed by atoms with Crippen molar-refractivity contribution in [2.75, 3.05) is 13.7 Å². The summed E-state index contributed by atoms with van der Waals surface area (Å²) in [4.78, 5) is 22.7. The third kappa shape index (κ3) is 3.59. The lowest BCUT2D eigenvalue weighted by Crippen LogP contribution is -2.65. The van der Waals surface area contributed by atoms with E-state index in [0.29, 0.717) is 25.3 Å². The molecule has 4 N–H and O–H groups in total. The van der Waals surface area contributed by atoms with Crippen molar-refractivity contribution in [3.05, 3.63) is 0 Å². The number of esters is 1. The molecule has 0 aliphatic heterocycles. The highest BCUT2D eigenvalue weighted by Gasteiger charge is 2.48. The fourth-order valence-corrected chi connectivity index (χ4v) is 1.82. The van der Waals surface area contributed by atoms with Crippen molar-refractivity contribution in [2.24, 2.45) is 11.7 Å². The molecule has 0 aromatic carbocycles. The van der Waals surface area contributed by atoms with Gasteiger partial charge in [-0.05, 0) is 18.8 Å². The number of rotatable bonds is 4. The Morgan fingerprint density at radius 1 is 1.47 bits per heavy atom. The Morgan fingerprint density at radius 3 is 2.53 bits per heavy atom. The molecule has 0 radical (unpaired) electrons. The Bertz CT molecular complexity index is 298. The molecule has 6 nitrogen and oxygen atoms in total. The number of nitrogens with one attached hydrogen (secondary N) is 2. The number of carbonyl (C=O) groups is 2. The van der Waals surface area contributed by atoms with Gasteiger partial charge >= 0.3 is 12.0 Å². The van der Waals surface area contributed by atoms with E-state index in [1.165, 1.54) is 7.11 Å². The topological polar surface area (TPSA) is 93.4 Å². The molecular formula is C11H21N3O3. The predicted molar refractivity (Wildman–Crippen MR) is 63.3 cm³/mol. The highest BCUT2D eigenvalue weighted by Crippen LogP contribution is 2.30. The Morgan fingerprint density at radius 2 is 2.06 bits per heavy atom. The van der Waals surface area contributed by atoms with Crippen molar-refractivity contribution < 1.29 is 14.3 Å². The summed E-state index contributed by atoms with van der Waals surface area (Å²) in [5.41, 5.74) is 4.87. The Hall–Kier alpha value is -1.30. The van der Waals surface area contributed by atoms with Crippen LogP contribution in [0.1, 0.15) is 26.7 Å². The van der Waals surface area contributed by atoms with Crippen molar-refractivity contribution in [1.82, 2.24) is 10.6 Å². The van der Waals surface area contributed by atoms with Gasteiger partial charge in [-0.2, -0.15) is 0 Å². The molecule has 0 bridgehead atoms. The van der Waals surface area contributed by atoms with Gasteiger partial charge in [-0.25, -0.2) is 4.79 Å². The van der Waals surface area contributed by atoms with Gasteiger partial charge in [-0.1, -0.05) is 13.8 Å². The second-order valence-corrected chi connectivity index (χ2v) is 5.00. The van der Waals surface area contributed by atoms with E-state index >= 15 is 0 Å². The molecule has 1 rings (SSSR count). The lowest BCUT2D eigenvalue weighted by atomic mass is 9.73. The molecule has 1 fully saturated rings. The molecule has 0 aromatic heterocycles. The van der Waals surface area contributed by atoms with Crippen molar-refractivity contribution in [3.8, 4) is 0 Å². The van der Waals surface area contributed by atoms with Crippen LogP contribution < -0.4 is 16.4 Å². The Kier molecular flexibility index (Phi) is 4.34. The van der Waals surface area contributed by atoms with Gasteiger partial charge in [0.2, 0.25) is 0 Å². The van der Waals surface area contributed by atoms with Crippen LogP contribution in [0, 0.1) is 5.92 Å². The van der Waals surface area contributed by atoms with Gasteiger partial charge in [0.05, 0.1) is 7.11 Å². The lowest BCUT2D eigenvalue weighted by molar-refractivity contribution is -0.151. The van der Waals surface area contributed by atoms with Crippen LogP contribution in [0.5, 0.6) is 0 Å². The number of methoxy groups -OCH3 is 1. The molecule has 0 spiro atoms. The zero-order valence-electron chi connectivity index (χ0n) is 10.6. The molecule has 1 saturated carbocycles. The summed E-state index contributed by atoms with van der Waals surface area (Å²) in [6.45, 7) is 4.67. The minimum Gasteiger partial charge on any atom is -0.468 e. The summed E-state index contributed by atoms with van der Waals surface area (Å²) in [6.07, 6.45) is 0.851. The summed E-state index contributed by atoms with van der Waals surface area (Å²) < 4.78 is 4.60. The van der Waals surface area contributed by atoms with E-state index in [9.17, 15) is 9.59 Å². The number of amides is 2. The number of ether oxygens (including phenoxy) is 1. The number of hydrogen-bond acceptors (Lipinski definition) is 4. The van der Waals surface area contributed by atoms with Gasteiger partial charge in [-0.15, -0.1) is 0 Å². The second-order valence-electron chi connectivity index (χ2n) is 5.00. The molecule has 6 heteroatoms. The Labute approximate surface area is 101 Å². The molecule has 1 aliphatic carbocycles. The molecule has 0 atom stereocenters. The summed E-state index contributed by atoms with van der Waals surface area (Å²) in [6, 6.07) is -0.262. The fourth-order valence-electron chi connectivity index (χ4n) is 1.82. The maximum atomic E-state index is 11.4. The zero-order valence-corrected chi connectivity index (χ0v) is 10.6. The van der Waals surface area contributed by atoms with E-state index < -0.39 is 11.5 Å².